The Kier molecular flexibility index (Phi) is 4.88. The molecule has 2 aromatic carbocycles. The van der Waals surface area contributed by atoms with E-state index >= 15 is 0 Å². The number of thiazole rings is 1. The van der Waals surface area contributed by atoms with E-state index in [-0.39, 0.29) is 0 Å². The first-order valence-corrected chi connectivity index (χ1v) is 9.18. The zero-order chi connectivity index (χ0) is 17.6. The second-order valence-electron chi connectivity index (χ2n) is 5.70. The molecule has 0 saturated heterocycles. The number of benzene rings is 2. The molecule has 0 fully saturated rings. The van der Waals surface area contributed by atoms with Gasteiger partial charge in [-0.25, -0.2) is 4.98 Å². The fourth-order valence-corrected chi connectivity index (χ4v) is 3.34. The summed E-state index contributed by atoms with van der Waals surface area (Å²) in [6, 6.07) is 16.5. The third-order valence-corrected chi connectivity index (χ3v) is 4.71. The number of hydrogen-bond acceptors (Lipinski definition) is 6. The Balaban J connectivity index is 1.56. The summed E-state index contributed by atoms with van der Waals surface area (Å²) in [6.07, 6.45) is 5.17. The first kappa shape index (κ1) is 16.3. The topological polar surface area (TPSA) is 67.7 Å². The normalized spacial score (nSPS) is 10.6. The summed E-state index contributed by atoms with van der Waals surface area (Å²) in [7, 11) is 0. The minimum atomic E-state index is 0.748. The molecular weight excluding hydrogens is 344 g/mol. The van der Waals surface area contributed by atoms with Crippen molar-refractivity contribution >= 4 is 28.4 Å². The molecular formula is C19H18N6S. The van der Waals surface area contributed by atoms with E-state index in [4.69, 9.17) is 0 Å². The summed E-state index contributed by atoms with van der Waals surface area (Å²) in [5, 5.41) is 11.1. The van der Waals surface area contributed by atoms with Crippen molar-refractivity contribution in [2.75, 3.05) is 17.2 Å². The smallest absolute Gasteiger partial charge is 0.137 e. The highest BCUT2D eigenvalue weighted by molar-refractivity contribution is 7.13. The van der Waals surface area contributed by atoms with Gasteiger partial charge < -0.3 is 10.6 Å². The molecule has 0 aliphatic heterocycles. The second-order valence-corrected chi connectivity index (χ2v) is 6.59. The number of aromatic nitrogens is 4. The Bertz CT molecular complexity index is 936. The standard InChI is InChI=1S/C19H18N6S/c1-2-4-15(5-3-1)24-16-6-7-17(19-11-20-14-26-19)18(10-16)22-8-9-25-13-21-12-23-25/h1-7,10-14,22,24H,8-9H2. The number of rotatable bonds is 7. The number of nitrogens with one attached hydrogen (secondary N) is 2. The van der Waals surface area contributed by atoms with Crippen LogP contribution in [0.5, 0.6) is 0 Å². The first-order valence-electron chi connectivity index (χ1n) is 8.30. The Labute approximate surface area is 155 Å². The molecule has 0 unspecified atom stereocenters. The molecule has 6 nitrogen and oxygen atoms in total. The van der Waals surface area contributed by atoms with E-state index < -0.39 is 0 Å². The molecule has 4 rings (SSSR count). The summed E-state index contributed by atoms with van der Waals surface area (Å²) >= 11 is 1.63. The number of para-hydroxylation sites is 1. The molecule has 2 heterocycles. The monoisotopic (exact) mass is 362 g/mol. The van der Waals surface area contributed by atoms with E-state index in [1.165, 1.54) is 0 Å². The summed E-state index contributed by atoms with van der Waals surface area (Å²) < 4.78 is 1.81. The average molecular weight is 362 g/mol. The van der Waals surface area contributed by atoms with E-state index in [0.29, 0.717) is 0 Å². The maximum Gasteiger partial charge on any atom is 0.137 e. The Morgan fingerprint density at radius 1 is 1.00 bits per heavy atom. The van der Waals surface area contributed by atoms with Crippen LogP contribution in [0.15, 0.2) is 72.9 Å². The van der Waals surface area contributed by atoms with Gasteiger partial charge in [-0.1, -0.05) is 18.2 Å². The number of nitrogens with zero attached hydrogens (tertiary/aromatic N) is 4. The number of anilines is 3. The fourth-order valence-electron chi connectivity index (χ4n) is 2.67. The van der Waals surface area contributed by atoms with Crippen LogP contribution in [0.1, 0.15) is 0 Å². The van der Waals surface area contributed by atoms with Crippen LogP contribution in [0, 0.1) is 0 Å². The van der Waals surface area contributed by atoms with Crippen molar-refractivity contribution in [3.63, 3.8) is 0 Å². The maximum atomic E-state index is 4.20. The molecule has 4 aromatic rings. The Hall–Kier alpha value is -3.19. The van der Waals surface area contributed by atoms with Crippen LogP contribution < -0.4 is 10.6 Å². The summed E-state index contributed by atoms with van der Waals surface area (Å²) in [4.78, 5) is 9.32. The van der Waals surface area contributed by atoms with Gasteiger partial charge in [0.05, 0.1) is 16.9 Å². The quantitative estimate of drug-likeness (QED) is 0.514. The van der Waals surface area contributed by atoms with Crippen molar-refractivity contribution in [3.05, 3.63) is 72.9 Å². The molecule has 0 aliphatic rings. The highest BCUT2D eigenvalue weighted by atomic mass is 32.1. The third kappa shape index (κ3) is 3.89. The van der Waals surface area contributed by atoms with Gasteiger partial charge in [0, 0.05) is 35.4 Å². The SMILES string of the molecule is c1ccc(Nc2ccc(-c3cncs3)c(NCCn3cncn3)c2)cc1. The Morgan fingerprint density at radius 3 is 2.69 bits per heavy atom. The minimum absolute atomic E-state index is 0.748. The maximum absolute atomic E-state index is 4.20. The molecule has 130 valence electrons. The van der Waals surface area contributed by atoms with Crippen molar-refractivity contribution in [1.29, 1.82) is 0 Å². The van der Waals surface area contributed by atoms with Gasteiger partial charge in [-0.05, 0) is 30.3 Å². The van der Waals surface area contributed by atoms with E-state index in [1.54, 1.807) is 24.0 Å². The van der Waals surface area contributed by atoms with Crippen LogP contribution in [0.2, 0.25) is 0 Å². The van der Waals surface area contributed by atoms with Gasteiger partial charge in [-0.3, -0.25) is 9.67 Å². The van der Waals surface area contributed by atoms with Crippen LogP contribution in [-0.4, -0.2) is 26.3 Å². The summed E-state index contributed by atoms with van der Waals surface area (Å²) in [6.45, 7) is 1.50. The van der Waals surface area contributed by atoms with Crippen molar-refractivity contribution in [2.24, 2.45) is 0 Å². The molecule has 0 bridgehead atoms. The van der Waals surface area contributed by atoms with E-state index in [0.717, 1.165) is 40.6 Å². The fraction of sp³-hybridized carbons (Fsp3) is 0.105. The van der Waals surface area contributed by atoms with Gasteiger partial charge >= 0.3 is 0 Å². The van der Waals surface area contributed by atoms with Crippen LogP contribution in [0.25, 0.3) is 10.4 Å². The van der Waals surface area contributed by atoms with Crippen molar-refractivity contribution < 1.29 is 0 Å². The van der Waals surface area contributed by atoms with Crippen LogP contribution >= 0.6 is 11.3 Å². The highest BCUT2D eigenvalue weighted by Gasteiger charge is 2.08. The molecule has 0 aliphatic carbocycles. The second kappa shape index (κ2) is 7.79. The molecule has 0 radical (unpaired) electrons. The predicted octanol–water partition coefficient (Wildman–Crippen LogP) is 4.26. The van der Waals surface area contributed by atoms with Gasteiger partial charge in [-0.2, -0.15) is 5.10 Å². The van der Waals surface area contributed by atoms with Crippen LogP contribution in [0.4, 0.5) is 17.1 Å². The zero-order valence-electron chi connectivity index (χ0n) is 14.0. The molecule has 7 heteroatoms. The lowest BCUT2D eigenvalue weighted by atomic mass is 10.1. The molecule has 0 saturated carbocycles. The zero-order valence-corrected chi connectivity index (χ0v) is 14.9. The van der Waals surface area contributed by atoms with E-state index in [9.17, 15) is 0 Å². The van der Waals surface area contributed by atoms with Crippen LogP contribution in [0.3, 0.4) is 0 Å². The number of hydrogen-bond donors (Lipinski definition) is 2. The van der Waals surface area contributed by atoms with Gasteiger partial charge in [0.15, 0.2) is 0 Å². The van der Waals surface area contributed by atoms with Crippen molar-refractivity contribution in [3.8, 4) is 10.4 Å². The van der Waals surface area contributed by atoms with Gasteiger partial charge in [-0.15, -0.1) is 11.3 Å². The van der Waals surface area contributed by atoms with E-state index in [1.807, 2.05) is 34.6 Å². The third-order valence-electron chi connectivity index (χ3n) is 3.90. The lowest BCUT2D eigenvalue weighted by Gasteiger charge is -2.14. The van der Waals surface area contributed by atoms with Crippen LogP contribution in [-0.2, 0) is 6.54 Å². The Morgan fingerprint density at radius 2 is 1.92 bits per heavy atom. The molecule has 2 N–H and O–H groups in total. The lowest BCUT2D eigenvalue weighted by Crippen LogP contribution is -2.11. The summed E-state index contributed by atoms with van der Waals surface area (Å²) in [5.74, 6) is 0. The van der Waals surface area contributed by atoms with E-state index in [2.05, 4.69) is 56.0 Å². The predicted molar refractivity (Wildman–Crippen MR) is 106 cm³/mol. The van der Waals surface area contributed by atoms with Crippen molar-refractivity contribution in [2.45, 2.75) is 6.54 Å². The van der Waals surface area contributed by atoms with Gasteiger partial charge in [0.2, 0.25) is 0 Å². The minimum Gasteiger partial charge on any atom is -0.383 e. The molecule has 26 heavy (non-hydrogen) atoms. The lowest BCUT2D eigenvalue weighted by molar-refractivity contribution is 0.636. The largest absolute Gasteiger partial charge is 0.383 e. The summed E-state index contributed by atoms with van der Waals surface area (Å²) in [5.41, 5.74) is 6.16. The van der Waals surface area contributed by atoms with Gasteiger partial charge in [0.25, 0.3) is 0 Å². The molecule has 0 atom stereocenters. The highest BCUT2D eigenvalue weighted by Crippen LogP contribution is 2.33. The molecule has 0 amide bonds. The molecule has 2 aromatic heterocycles. The average Bonchev–Trinajstić information content (AvgIpc) is 3.37. The molecule has 0 spiro atoms. The first-order chi connectivity index (χ1) is 12.9. The van der Waals surface area contributed by atoms with Gasteiger partial charge in [0.1, 0.15) is 12.7 Å². The van der Waals surface area contributed by atoms with Crippen molar-refractivity contribution in [1.82, 2.24) is 19.7 Å².